The first-order chi connectivity index (χ1) is 11.5. The predicted octanol–water partition coefficient (Wildman–Crippen LogP) is 3.54. The molecule has 1 aliphatic heterocycles. The quantitative estimate of drug-likeness (QED) is 0.432. The second kappa shape index (κ2) is 8.84. The summed E-state index contributed by atoms with van der Waals surface area (Å²) in [5.41, 5.74) is 0.915. The van der Waals surface area contributed by atoms with E-state index in [9.17, 15) is 9.59 Å². The zero-order valence-corrected chi connectivity index (χ0v) is 15.0. The third-order valence-electron chi connectivity index (χ3n) is 3.56. The topological polar surface area (TPSA) is 66.8 Å². The van der Waals surface area contributed by atoms with Gasteiger partial charge in [0, 0.05) is 13.0 Å². The second-order valence-electron chi connectivity index (χ2n) is 5.31. The molecule has 1 heterocycles. The lowest BCUT2D eigenvalue weighted by molar-refractivity contribution is -0.137. The number of carbonyl (C=O) groups is 2. The van der Waals surface area contributed by atoms with Crippen LogP contribution < -0.4 is 4.74 Å². The first kappa shape index (κ1) is 18.5. The number of unbranched alkanes of at least 4 members (excludes halogenated alkanes) is 2. The van der Waals surface area contributed by atoms with Gasteiger partial charge in [-0.1, -0.05) is 42.5 Å². The number of hydrogen-bond acceptors (Lipinski definition) is 5. The van der Waals surface area contributed by atoms with E-state index in [1.807, 2.05) is 30.3 Å². The number of aliphatic carboxylic acids is 1. The van der Waals surface area contributed by atoms with E-state index in [0.29, 0.717) is 22.2 Å². The van der Waals surface area contributed by atoms with Gasteiger partial charge in [0.15, 0.2) is 0 Å². The van der Waals surface area contributed by atoms with Gasteiger partial charge in [-0.2, -0.15) is 0 Å². The highest BCUT2D eigenvalue weighted by Crippen LogP contribution is 2.33. The maximum atomic E-state index is 12.4. The average Bonchev–Trinajstić information content (AvgIpc) is 2.82. The van der Waals surface area contributed by atoms with Crippen LogP contribution in [0.1, 0.15) is 31.2 Å². The number of carboxylic acids is 1. The number of amides is 1. The molecule has 0 saturated carbocycles. The molecule has 0 radical (unpaired) electrons. The number of benzene rings is 1. The van der Waals surface area contributed by atoms with E-state index in [-0.39, 0.29) is 12.3 Å². The molecule has 0 atom stereocenters. The van der Waals surface area contributed by atoms with Gasteiger partial charge < -0.3 is 9.84 Å². The van der Waals surface area contributed by atoms with Crippen LogP contribution in [0, 0.1) is 0 Å². The Morgan fingerprint density at radius 2 is 2.00 bits per heavy atom. The first-order valence-corrected chi connectivity index (χ1v) is 8.85. The molecule has 1 saturated heterocycles. The molecule has 7 heteroatoms. The second-order valence-corrected chi connectivity index (χ2v) is 6.99. The lowest BCUT2D eigenvalue weighted by Crippen LogP contribution is -2.29. The van der Waals surface area contributed by atoms with E-state index in [1.165, 1.54) is 11.8 Å². The highest BCUT2D eigenvalue weighted by Gasteiger charge is 2.31. The zero-order valence-electron chi connectivity index (χ0n) is 13.4. The van der Waals surface area contributed by atoms with Gasteiger partial charge in [0.05, 0.1) is 12.0 Å². The first-order valence-electron chi connectivity index (χ1n) is 7.62. The Morgan fingerprint density at radius 1 is 1.29 bits per heavy atom. The van der Waals surface area contributed by atoms with E-state index in [2.05, 4.69) is 0 Å². The van der Waals surface area contributed by atoms with Crippen LogP contribution in [0.4, 0.5) is 0 Å². The maximum Gasteiger partial charge on any atom is 0.303 e. The molecular weight excluding hydrogens is 346 g/mol. The molecule has 0 aliphatic carbocycles. The molecule has 128 valence electrons. The van der Waals surface area contributed by atoms with E-state index >= 15 is 0 Å². The number of carboxylic acid groups (broad SMARTS) is 1. The van der Waals surface area contributed by atoms with Crippen molar-refractivity contribution in [2.24, 2.45) is 0 Å². The van der Waals surface area contributed by atoms with Crippen LogP contribution in [0.25, 0.3) is 6.08 Å². The van der Waals surface area contributed by atoms with Crippen molar-refractivity contribution in [3.63, 3.8) is 0 Å². The molecule has 0 unspecified atom stereocenters. The van der Waals surface area contributed by atoms with E-state index in [0.717, 1.165) is 24.2 Å². The van der Waals surface area contributed by atoms with Gasteiger partial charge in [0.2, 0.25) is 0 Å². The number of carbonyl (C=O) groups excluding carboxylic acids is 1. The van der Waals surface area contributed by atoms with Crippen molar-refractivity contribution in [1.29, 1.82) is 0 Å². The summed E-state index contributed by atoms with van der Waals surface area (Å²) in [7, 11) is 1.61. The molecule has 0 bridgehead atoms. The minimum Gasteiger partial charge on any atom is -0.497 e. The maximum absolute atomic E-state index is 12.4. The van der Waals surface area contributed by atoms with Crippen LogP contribution in [-0.4, -0.2) is 39.9 Å². The van der Waals surface area contributed by atoms with Crippen LogP contribution in [-0.2, 0) is 9.59 Å². The predicted molar refractivity (Wildman–Crippen MR) is 99.0 cm³/mol. The fraction of sp³-hybridized carbons (Fsp3) is 0.353. The Labute approximate surface area is 150 Å². The summed E-state index contributed by atoms with van der Waals surface area (Å²) in [6.45, 7) is 0.532. The van der Waals surface area contributed by atoms with Crippen molar-refractivity contribution in [2.45, 2.75) is 25.7 Å². The Balaban J connectivity index is 1.92. The number of thiocarbonyl (C=S) groups is 1. The van der Waals surface area contributed by atoms with Gasteiger partial charge in [-0.15, -0.1) is 0 Å². The van der Waals surface area contributed by atoms with Gasteiger partial charge >= 0.3 is 5.97 Å². The summed E-state index contributed by atoms with van der Waals surface area (Å²) < 4.78 is 5.67. The van der Waals surface area contributed by atoms with E-state index < -0.39 is 5.97 Å². The molecule has 5 nitrogen and oxygen atoms in total. The van der Waals surface area contributed by atoms with Crippen molar-refractivity contribution >= 4 is 46.3 Å². The normalized spacial score (nSPS) is 16.0. The Morgan fingerprint density at radius 3 is 2.62 bits per heavy atom. The summed E-state index contributed by atoms with van der Waals surface area (Å²) in [6, 6.07) is 7.46. The molecule has 1 amide bonds. The number of thioether (sulfide) groups is 1. The Kier molecular flexibility index (Phi) is 6.81. The van der Waals surface area contributed by atoms with E-state index in [1.54, 1.807) is 12.0 Å². The van der Waals surface area contributed by atoms with Crippen molar-refractivity contribution in [1.82, 2.24) is 4.90 Å². The lowest BCUT2D eigenvalue weighted by atomic mass is 10.2. The lowest BCUT2D eigenvalue weighted by Gasteiger charge is -2.13. The molecule has 0 aromatic heterocycles. The van der Waals surface area contributed by atoms with Gasteiger partial charge in [0.1, 0.15) is 10.1 Å². The van der Waals surface area contributed by atoms with Crippen LogP contribution in [0.5, 0.6) is 5.75 Å². The standard InChI is InChI=1S/C17H19NO4S2/c1-22-13-8-6-12(7-9-13)11-14-16(21)18(17(23)24-14)10-4-2-3-5-15(19)20/h6-9,11H,2-5,10H2,1H3,(H,19,20)/b14-11+. The van der Waals surface area contributed by atoms with Crippen LogP contribution in [0.15, 0.2) is 29.2 Å². The third-order valence-corrected chi connectivity index (χ3v) is 4.94. The molecule has 1 aromatic carbocycles. The summed E-state index contributed by atoms with van der Waals surface area (Å²) in [6.07, 6.45) is 4.11. The smallest absolute Gasteiger partial charge is 0.303 e. The number of methoxy groups -OCH3 is 1. The van der Waals surface area contributed by atoms with Gasteiger partial charge in [-0.25, -0.2) is 0 Å². The minimum absolute atomic E-state index is 0.0842. The number of ether oxygens (including phenoxy) is 1. The molecular formula is C17H19NO4S2. The summed E-state index contributed by atoms with van der Waals surface area (Å²) in [5, 5.41) is 8.61. The molecule has 1 N–H and O–H groups in total. The van der Waals surface area contributed by atoms with Gasteiger partial charge in [-0.3, -0.25) is 14.5 Å². The van der Waals surface area contributed by atoms with Crippen molar-refractivity contribution in [3.05, 3.63) is 34.7 Å². The monoisotopic (exact) mass is 365 g/mol. The minimum atomic E-state index is -0.789. The number of rotatable bonds is 8. The number of hydrogen-bond donors (Lipinski definition) is 1. The third kappa shape index (κ3) is 5.07. The average molecular weight is 365 g/mol. The van der Waals surface area contributed by atoms with Gasteiger partial charge in [-0.05, 0) is 36.6 Å². The Bertz CT molecular complexity index is 655. The number of nitrogens with zero attached hydrogens (tertiary/aromatic N) is 1. The van der Waals surface area contributed by atoms with Crippen molar-refractivity contribution in [2.75, 3.05) is 13.7 Å². The fourth-order valence-corrected chi connectivity index (χ4v) is 3.58. The van der Waals surface area contributed by atoms with Crippen molar-refractivity contribution in [3.8, 4) is 5.75 Å². The highest BCUT2D eigenvalue weighted by molar-refractivity contribution is 8.26. The fourth-order valence-electron chi connectivity index (χ4n) is 2.27. The van der Waals surface area contributed by atoms with Crippen LogP contribution in [0.3, 0.4) is 0 Å². The summed E-state index contributed by atoms with van der Waals surface area (Å²) in [4.78, 5) is 25.1. The summed E-state index contributed by atoms with van der Waals surface area (Å²) in [5.74, 6) is -0.108. The zero-order chi connectivity index (χ0) is 17.5. The molecule has 1 fully saturated rings. The van der Waals surface area contributed by atoms with Gasteiger partial charge in [0.25, 0.3) is 5.91 Å². The summed E-state index contributed by atoms with van der Waals surface area (Å²) >= 11 is 6.58. The highest BCUT2D eigenvalue weighted by atomic mass is 32.2. The largest absolute Gasteiger partial charge is 0.497 e. The molecule has 1 aliphatic rings. The molecule has 2 rings (SSSR count). The molecule has 0 spiro atoms. The van der Waals surface area contributed by atoms with Crippen molar-refractivity contribution < 1.29 is 19.4 Å². The van der Waals surface area contributed by atoms with Crippen LogP contribution in [0.2, 0.25) is 0 Å². The SMILES string of the molecule is COc1ccc(/C=C2/SC(=S)N(CCCCCC(=O)O)C2=O)cc1. The molecule has 1 aromatic rings. The molecule has 24 heavy (non-hydrogen) atoms. The Hall–Kier alpha value is -1.86. The van der Waals surface area contributed by atoms with E-state index in [4.69, 9.17) is 22.1 Å². The van der Waals surface area contributed by atoms with Crippen LogP contribution >= 0.6 is 24.0 Å².